The lowest BCUT2D eigenvalue weighted by Gasteiger charge is -2.28. The number of rotatable bonds is 5. The highest BCUT2D eigenvalue weighted by Crippen LogP contribution is 2.35. The average molecular weight is 364 g/mol. The SMILES string of the molecule is CC(C)NS(=O)(=O)c1ccc(N=CC2=C(O)CC(C)(C)CC2=O)cc1. The molecule has 1 aromatic rings. The highest BCUT2D eigenvalue weighted by Gasteiger charge is 2.32. The number of nitrogens with zero attached hydrogens (tertiary/aromatic N) is 1. The van der Waals surface area contributed by atoms with Gasteiger partial charge in [-0.15, -0.1) is 0 Å². The second kappa shape index (κ2) is 7.09. The summed E-state index contributed by atoms with van der Waals surface area (Å²) in [7, 11) is -3.55. The Morgan fingerprint density at radius 2 is 1.80 bits per heavy atom. The first kappa shape index (κ1) is 19.3. The van der Waals surface area contributed by atoms with Crippen molar-refractivity contribution < 1.29 is 18.3 Å². The lowest BCUT2D eigenvalue weighted by molar-refractivity contribution is -0.117. The largest absolute Gasteiger partial charge is 0.511 e. The molecule has 2 N–H and O–H groups in total. The lowest BCUT2D eigenvalue weighted by atomic mass is 9.77. The lowest BCUT2D eigenvalue weighted by Crippen LogP contribution is -2.30. The first-order valence-corrected chi connectivity index (χ1v) is 9.60. The third kappa shape index (κ3) is 4.99. The molecule has 0 amide bonds. The van der Waals surface area contributed by atoms with Gasteiger partial charge in [-0.3, -0.25) is 9.79 Å². The van der Waals surface area contributed by atoms with Gasteiger partial charge in [0.05, 0.1) is 16.2 Å². The third-order valence-corrected chi connectivity index (χ3v) is 5.45. The maximum atomic E-state index is 12.1. The molecule has 136 valence electrons. The van der Waals surface area contributed by atoms with Crippen LogP contribution in [0, 0.1) is 5.41 Å². The molecule has 0 unspecified atom stereocenters. The molecule has 1 aromatic carbocycles. The van der Waals surface area contributed by atoms with Crippen molar-refractivity contribution in [1.29, 1.82) is 0 Å². The van der Waals surface area contributed by atoms with Gasteiger partial charge in [-0.05, 0) is 43.5 Å². The number of hydrogen-bond acceptors (Lipinski definition) is 5. The average Bonchev–Trinajstić information content (AvgIpc) is 2.44. The van der Waals surface area contributed by atoms with Gasteiger partial charge in [-0.1, -0.05) is 13.8 Å². The summed E-state index contributed by atoms with van der Waals surface area (Å²) in [6, 6.07) is 5.83. The zero-order chi connectivity index (χ0) is 18.8. The number of ketones is 1. The van der Waals surface area contributed by atoms with E-state index in [2.05, 4.69) is 9.71 Å². The number of nitrogens with one attached hydrogen (secondary N) is 1. The van der Waals surface area contributed by atoms with Gasteiger partial charge in [0.2, 0.25) is 10.0 Å². The molecular weight excluding hydrogens is 340 g/mol. The molecule has 1 aliphatic carbocycles. The number of aliphatic hydroxyl groups is 1. The van der Waals surface area contributed by atoms with Crippen molar-refractivity contribution in [2.45, 2.75) is 51.5 Å². The Kier molecular flexibility index (Phi) is 5.49. The van der Waals surface area contributed by atoms with Crippen molar-refractivity contribution in [2.75, 3.05) is 0 Å². The van der Waals surface area contributed by atoms with E-state index < -0.39 is 10.0 Å². The maximum absolute atomic E-state index is 12.1. The van der Waals surface area contributed by atoms with Gasteiger partial charge in [-0.25, -0.2) is 13.1 Å². The Labute approximate surface area is 148 Å². The zero-order valence-corrected chi connectivity index (χ0v) is 15.7. The molecule has 0 atom stereocenters. The summed E-state index contributed by atoms with van der Waals surface area (Å²) in [6.45, 7) is 7.36. The molecule has 6 nitrogen and oxygen atoms in total. The van der Waals surface area contributed by atoms with E-state index in [9.17, 15) is 18.3 Å². The van der Waals surface area contributed by atoms with Gasteiger partial charge in [0, 0.05) is 25.1 Å². The van der Waals surface area contributed by atoms with Crippen molar-refractivity contribution in [3.05, 3.63) is 35.6 Å². The van der Waals surface area contributed by atoms with Crippen molar-refractivity contribution in [1.82, 2.24) is 4.72 Å². The first-order valence-electron chi connectivity index (χ1n) is 8.12. The Balaban J connectivity index is 2.19. The Morgan fingerprint density at radius 3 is 2.32 bits per heavy atom. The fraction of sp³-hybridized carbons (Fsp3) is 0.444. The molecule has 0 spiro atoms. The third-order valence-electron chi connectivity index (χ3n) is 3.78. The molecule has 0 fully saturated rings. The summed E-state index contributed by atoms with van der Waals surface area (Å²) in [5.74, 6) is -0.0943. The van der Waals surface area contributed by atoms with E-state index in [4.69, 9.17) is 0 Å². The molecule has 7 heteroatoms. The van der Waals surface area contributed by atoms with Crippen LogP contribution >= 0.6 is 0 Å². The van der Waals surface area contributed by atoms with Gasteiger partial charge in [-0.2, -0.15) is 0 Å². The number of hydrogen-bond donors (Lipinski definition) is 2. The fourth-order valence-corrected chi connectivity index (χ4v) is 3.93. The minimum Gasteiger partial charge on any atom is -0.511 e. The minimum absolute atomic E-state index is 0.0466. The molecule has 1 aliphatic rings. The number of benzene rings is 1. The number of aliphatic imine (C=N–C) groups is 1. The van der Waals surface area contributed by atoms with Gasteiger partial charge in [0.15, 0.2) is 5.78 Å². The molecule has 0 radical (unpaired) electrons. The number of allylic oxidation sites excluding steroid dienone is 2. The van der Waals surface area contributed by atoms with Crippen LogP contribution in [-0.4, -0.2) is 31.6 Å². The van der Waals surface area contributed by atoms with Crippen LogP contribution in [0.15, 0.2) is 45.5 Å². The van der Waals surface area contributed by atoms with Crippen LogP contribution < -0.4 is 4.72 Å². The van der Waals surface area contributed by atoms with Crippen LogP contribution in [0.1, 0.15) is 40.5 Å². The van der Waals surface area contributed by atoms with Crippen LogP contribution in [0.25, 0.3) is 0 Å². The first-order chi connectivity index (χ1) is 11.5. The standard InChI is InChI=1S/C18H24N2O4S/c1-12(2)20-25(23,24)14-7-5-13(6-8-14)19-11-15-16(21)9-18(3,4)10-17(15)22/h5-8,11-12,20-21H,9-10H2,1-4H3. The highest BCUT2D eigenvalue weighted by molar-refractivity contribution is 7.89. The van der Waals surface area contributed by atoms with Crippen molar-refractivity contribution in [2.24, 2.45) is 10.4 Å². The minimum atomic E-state index is -3.55. The summed E-state index contributed by atoms with van der Waals surface area (Å²) in [4.78, 5) is 16.5. The summed E-state index contributed by atoms with van der Waals surface area (Å²) in [5.41, 5.74) is 0.469. The van der Waals surface area contributed by atoms with E-state index in [0.29, 0.717) is 18.5 Å². The second-order valence-corrected chi connectivity index (χ2v) is 9.04. The second-order valence-electron chi connectivity index (χ2n) is 7.33. The van der Waals surface area contributed by atoms with Crippen LogP contribution in [0.3, 0.4) is 0 Å². The highest BCUT2D eigenvalue weighted by atomic mass is 32.2. The molecular formula is C18H24N2O4S. The monoisotopic (exact) mass is 364 g/mol. The molecule has 25 heavy (non-hydrogen) atoms. The summed E-state index contributed by atoms with van der Waals surface area (Å²) < 4.78 is 26.6. The summed E-state index contributed by atoms with van der Waals surface area (Å²) in [6.07, 6.45) is 2.14. The molecule has 0 heterocycles. The Morgan fingerprint density at radius 1 is 1.20 bits per heavy atom. The fourth-order valence-electron chi connectivity index (χ4n) is 2.68. The molecule has 2 rings (SSSR count). The Hall–Kier alpha value is -1.99. The van der Waals surface area contributed by atoms with Gasteiger partial charge in [0.25, 0.3) is 0 Å². The number of carbonyl (C=O) groups is 1. The van der Waals surface area contributed by atoms with Crippen LogP contribution in [-0.2, 0) is 14.8 Å². The van der Waals surface area contributed by atoms with Crippen LogP contribution in [0.4, 0.5) is 5.69 Å². The van der Waals surface area contributed by atoms with Gasteiger partial charge >= 0.3 is 0 Å². The van der Waals surface area contributed by atoms with E-state index in [1.54, 1.807) is 26.0 Å². The Bertz CT molecular complexity index is 819. The predicted molar refractivity (Wildman–Crippen MR) is 97.7 cm³/mol. The summed E-state index contributed by atoms with van der Waals surface area (Å²) in [5, 5.41) is 10.1. The smallest absolute Gasteiger partial charge is 0.240 e. The van der Waals surface area contributed by atoms with E-state index in [1.165, 1.54) is 18.3 Å². The predicted octanol–water partition coefficient (Wildman–Crippen LogP) is 3.28. The molecule has 0 saturated carbocycles. The molecule has 0 aliphatic heterocycles. The number of carbonyl (C=O) groups excluding carboxylic acids is 1. The zero-order valence-electron chi connectivity index (χ0n) is 14.9. The maximum Gasteiger partial charge on any atom is 0.240 e. The summed E-state index contributed by atoms with van der Waals surface area (Å²) >= 11 is 0. The van der Waals surface area contributed by atoms with E-state index in [0.717, 1.165) is 0 Å². The number of Topliss-reactive ketones (excluding diaryl/α,β-unsaturated/α-hetero) is 1. The molecule has 0 saturated heterocycles. The quantitative estimate of drug-likeness (QED) is 0.784. The van der Waals surface area contributed by atoms with Crippen molar-refractivity contribution >= 4 is 27.7 Å². The van der Waals surface area contributed by atoms with Crippen LogP contribution in [0.5, 0.6) is 0 Å². The van der Waals surface area contributed by atoms with Crippen LogP contribution in [0.2, 0.25) is 0 Å². The van der Waals surface area contributed by atoms with E-state index >= 15 is 0 Å². The van der Waals surface area contributed by atoms with E-state index in [1.807, 2.05) is 13.8 Å². The van der Waals surface area contributed by atoms with Gasteiger partial charge < -0.3 is 5.11 Å². The van der Waals surface area contributed by atoms with E-state index in [-0.39, 0.29) is 33.5 Å². The van der Waals surface area contributed by atoms with Crippen molar-refractivity contribution in [3.8, 4) is 0 Å². The number of sulfonamides is 1. The van der Waals surface area contributed by atoms with Crippen molar-refractivity contribution in [3.63, 3.8) is 0 Å². The molecule has 0 aromatic heterocycles. The van der Waals surface area contributed by atoms with Gasteiger partial charge in [0.1, 0.15) is 5.76 Å². The molecule has 0 bridgehead atoms. The topological polar surface area (TPSA) is 95.8 Å². The normalized spacial score (nSPS) is 18.4. The number of aliphatic hydroxyl groups excluding tert-OH is 1.